The fraction of sp³-hybridized carbons (Fsp3) is 0.417. The number of carbonyl (C=O) groups is 1. The first-order valence-corrected chi connectivity index (χ1v) is 5.88. The first-order chi connectivity index (χ1) is 7.65. The fourth-order valence-corrected chi connectivity index (χ4v) is 1.99. The van der Waals surface area contributed by atoms with E-state index in [1.165, 1.54) is 19.3 Å². The summed E-state index contributed by atoms with van der Waals surface area (Å²) in [6, 6.07) is 5.09. The van der Waals surface area contributed by atoms with Gasteiger partial charge in [-0.2, -0.15) is 0 Å². The number of benzene rings is 1. The molecule has 1 aromatic rings. The van der Waals surface area contributed by atoms with Crippen LogP contribution in [-0.2, 0) is 4.79 Å². The summed E-state index contributed by atoms with van der Waals surface area (Å²) in [4.78, 5) is 11.7. The van der Waals surface area contributed by atoms with Crippen LogP contribution in [0.3, 0.4) is 0 Å². The van der Waals surface area contributed by atoms with E-state index < -0.39 is 0 Å². The van der Waals surface area contributed by atoms with Gasteiger partial charge in [-0.05, 0) is 37.0 Å². The molecule has 1 aromatic carbocycles. The van der Waals surface area contributed by atoms with Crippen LogP contribution in [0.15, 0.2) is 18.2 Å². The summed E-state index contributed by atoms with van der Waals surface area (Å²) < 4.78 is 0. The van der Waals surface area contributed by atoms with Crippen molar-refractivity contribution in [2.45, 2.75) is 25.7 Å². The third-order valence-corrected chi connectivity index (χ3v) is 3.22. The van der Waals surface area contributed by atoms with Gasteiger partial charge in [-0.1, -0.05) is 18.0 Å². The molecule has 0 spiro atoms. The van der Waals surface area contributed by atoms with Crippen LogP contribution in [0.25, 0.3) is 0 Å². The maximum atomic E-state index is 11.7. The van der Waals surface area contributed by atoms with Crippen LogP contribution >= 0.6 is 11.6 Å². The Bertz CT molecular complexity index is 402. The van der Waals surface area contributed by atoms with Crippen LogP contribution in [0, 0.1) is 5.92 Å². The van der Waals surface area contributed by atoms with E-state index in [9.17, 15) is 4.79 Å². The first-order valence-electron chi connectivity index (χ1n) is 5.50. The van der Waals surface area contributed by atoms with Gasteiger partial charge in [-0.3, -0.25) is 4.79 Å². The molecule has 16 heavy (non-hydrogen) atoms. The van der Waals surface area contributed by atoms with Crippen molar-refractivity contribution in [3.05, 3.63) is 23.2 Å². The van der Waals surface area contributed by atoms with Gasteiger partial charge in [-0.15, -0.1) is 0 Å². The van der Waals surface area contributed by atoms with Crippen molar-refractivity contribution in [1.82, 2.24) is 0 Å². The van der Waals surface area contributed by atoms with E-state index in [4.69, 9.17) is 17.3 Å². The van der Waals surface area contributed by atoms with Crippen LogP contribution < -0.4 is 11.1 Å². The zero-order valence-electron chi connectivity index (χ0n) is 9.00. The van der Waals surface area contributed by atoms with Gasteiger partial charge in [0.1, 0.15) is 0 Å². The summed E-state index contributed by atoms with van der Waals surface area (Å²) in [5.74, 6) is 0.604. The molecule has 1 saturated carbocycles. The van der Waals surface area contributed by atoms with Crippen LogP contribution in [-0.4, -0.2) is 5.91 Å². The van der Waals surface area contributed by atoms with Crippen molar-refractivity contribution in [3.63, 3.8) is 0 Å². The lowest BCUT2D eigenvalue weighted by Gasteiger charge is -2.24. The standard InChI is InChI=1S/C12H15ClN2O/c13-9-4-5-11(10(14)7-9)15-12(16)6-8-2-1-3-8/h4-5,7-8H,1-3,6,14H2,(H,15,16). The Labute approximate surface area is 100.0 Å². The molecule has 1 fully saturated rings. The first kappa shape index (κ1) is 11.3. The maximum Gasteiger partial charge on any atom is 0.224 e. The summed E-state index contributed by atoms with van der Waals surface area (Å²) in [7, 11) is 0. The molecule has 1 aliphatic rings. The Morgan fingerprint density at radius 3 is 2.81 bits per heavy atom. The van der Waals surface area contributed by atoms with Crippen molar-refractivity contribution in [2.75, 3.05) is 11.1 Å². The molecule has 0 bridgehead atoms. The highest BCUT2D eigenvalue weighted by Gasteiger charge is 2.20. The second-order valence-corrected chi connectivity index (χ2v) is 4.72. The maximum absolute atomic E-state index is 11.7. The molecule has 3 nitrogen and oxygen atoms in total. The van der Waals surface area contributed by atoms with E-state index in [2.05, 4.69) is 5.32 Å². The predicted molar refractivity (Wildman–Crippen MR) is 66.5 cm³/mol. The number of carbonyl (C=O) groups excluding carboxylic acids is 1. The second kappa shape index (κ2) is 4.74. The number of nitrogens with two attached hydrogens (primary N) is 1. The van der Waals surface area contributed by atoms with E-state index in [1.807, 2.05) is 0 Å². The molecular formula is C12H15ClN2O. The summed E-state index contributed by atoms with van der Waals surface area (Å²) in [5, 5.41) is 3.39. The number of anilines is 2. The van der Waals surface area contributed by atoms with Gasteiger partial charge in [0.2, 0.25) is 5.91 Å². The lowest BCUT2D eigenvalue weighted by atomic mass is 9.83. The van der Waals surface area contributed by atoms with E-state index >= 15 is 0 Å². The molecule has 0 unspecified atom stereocenters. The van der Waals surface area contributed by atoms with E-state index in [1.54, 1.807) is 18.2 Å². The summed E-state index contributed by atoms with van der Waals surface area (Å²) in [6.07, 6.45) is 4.19. The molecular weight excluding hydrogens is 224 g/mol. The fourth-order valence-electron chi connectivity index (χ4n) is 1.81. The van der Waals surface area contributed by atoms with E-state index in [-0.39, 0.29) is 5.91 Å². The smallest absolute Gasteiger partial charge is 0.224 e. The molecule has 0 aromatic heterocycles. The Morgan fingerprint density at radius 2 is 2.25 bits per heavy atom. The lowest BCUT2D eigenvalue weighted by Crippen LogP contribution is -2.21. The van der Waals surface area contributed by atoms with E-state index in [0.29, 0.717) is 28.7 Å². The summed E-state index contributed by atoms with van der Waals surface area (Å²) >= 11 is 5.78. The van der Waals surface area contributed by atoms with Crippen molar-refractivity contribution in [2.24, 2.45) is 5.92 Å². The molecule has 0 atom stereocenters. The Kier molecular flexibility index (Phi) is 3.34. The average molecular weight is 239 g/mol. The van der Waals surface area contributed by atoms with E-state index in [0.717, 1.165) is 0 Å². The Balaban J connectivity index is 1.94. The zero-order valence-corrected chi connectivity index (χ0v) is 9.76. The normalized spacial score (nSPS) is 15.6. The van der Waals surface area contributed by atoms with Crippen molar-refractivity contribution < 1.29 is 4.79 Å². The minimum atomic E-state index is 0.0405. The lowest BCUT2D eigenvalue weighted by molar-refractivity contribution is -0.117. The van der Waals surface area contributed by atoms with Gasteiger partial charge < -0.3 is 11.1 Å². The van der Waals surface area contributed by atoms with Crippen molar-refractivity contribution in [3.8, 4) is 0 Å². The number of halogens is 1. The largest absolute Gasteiger partial charge is 0.397 e. The number of nitrogen functional groups attached to an aromatic ring is 1. The number of hydrogen-bond acceptors (Lipinski definition) is 2. The minimum absolute atomic E-state index is 0.0405. The molecule has 86 valence electrons. The quantitative estimate of drug-likeness (QED) is 0.796. The molecule has 3 N–H and O–H groups in total. The third-order valence-electron chi connectivity index (χ3n) is 2.99. The van der Waals surface area contributed by atoms with Crippen LogP contribution in [0.5, 0.6) is 0 Å². The zero-order chi connectivity index (χ0) is 11.5. The molecule has 0 aliphatic heterocycles. The monoisotopic (exact) mass is 238 g/mol. The average Bonchev–Trinajstić information content (AvgIpc) is 2.16. The van der Waals surface area contributed by atoms with Gasteiger partial charge in [0.25, 0.3) is 0 Å². The molecule has 4 heteroatoms. The van der Waals surface area contributed by atoms with Gasteiger partial charge in [0, 0.05) is 11.4 Å². The molecule has 1 amide bonds. The molecule has 0 saturated heterocycles. The Hall–Kier alpha value is -1.22. The van der Waals surface area contributed by atoms with Crippen molar-refractivity contribution >= 4 is 28.9 Å². The van der Waals surface area contributed by atoms with Gasteiger partial charge in [0.05, 0.1) is 11.4 Å². The third kappa shape index (κ3) is 2.67. The number of amides is 1. The molecule has 0 radical (unpaired) electrons. The predicted octanol–water partition coefficient (Wildman–Crippen LogP) is 3.05. The topological polar surface area (TPSA) is 55.1 Å². The van der Waals surface area contributed by atoms with Crippen LogP contribution in [0.2, 0.25) is 5.02 Å². The number of hydrogen-bond donors (Lipinski definition) is 2. The highest BCUT2D eigenvalue weighted by atomic mass is 35.5. The highest BCUT2D eigenvalue weighted by molar-refractivity contribution is 6.31. The van der Waals surface area contributed by atoms with Crippen molar-refractivity contribution in [1.29, 1.82) is 0 Å². The highest BCUT2D eigenvalue weighted by Crippen LogP contribution is 2.30. The number of rotatable bonds is 3. The van der Waals surface area contributed by atoms with Crippen LogP contribution in [0.4, 0.5) is 11.4 Å². The van der Waals surface area contributed by atoms with Gasteiger partial charge in [0.15, 0.2) is 0 Å². The molecule has 0 heterocycles. The van der Waals surface area contributed by atoms with Crippen LogP contribution in [0.1, 0.15) is 25.7 Å². The number of nitrogens with one attached hydrogen (secondary N) is 1. The SMILES string of the molecule is Nc1cc(Cl)ccc1NC(=O)CC1CCC1. The minimum Gasteiger partial charge on any atom is -0.397 e. The summed E-state index contributed by atoms with van der Waals surface area (Å²) in [5.41, 5.74) is 6.90. The second-order valence-electron chi connectivity index (χ2n) is 4.28. The van der Waals surface area contributed by atoms with Gasteiger partial charge >= 0.3 is 0 Å². The van der Waals surface area contributed by atoms with Gasteiger partial charge in [-0.25, -0.2) is 0 Å². The molecule has 1 aliphatic carbocycles. The molecule has 2 rings (SSSR count). The summed E-state index contributed by atoms with van der Waals surface area (Å²) in [6.45, 7) is 0. The Morgan fingerprint density at radius 1 is 1.50 bits per heavy atom.